The minimum Gasteiger partial charge on any atom is -0.454 e. The van der Waals surface area contributed by atoms with Crippen LogP contribution in [-0.4, -0.2) is 4.98 Å². The van der Waals surface area contributed by atoms with Gasteiger partial charge < -0.3 is 4.42 Å². The molecular formula is C31H31N2O+. The van der Waals surface area contributed by atoms with Crippen molar-refractivity contribution in [3.63, 3.8) is 0 Å². The second kappa shape index (κ2) is 7.02. The van der Waals surface area contributed by atoms with Gasteiger partial charge in [-0.05, 0) is 48.1 Å². The van der Waals surface area contributed by atoms with Crippen molar-refractivity contribution in [2.45, 2.75) is 52.9 Å². The largest absolute Gasteiger partial charge is 0.454 e. The summed E-state index contributed by atoms with van der Waals surface area (Å²) in [5.41, 5.74) is 13.2. The minimum atomic E-state index is -0.0743. The molecule has 6 rings (SSSR count). The first-order valence-electron chi connectivity index (χ1n) is 12.1. The van der Waals surface area contributed by atoms with E-state index < -0.39 is 0 Å². The Morgan fingerprint density at radius 2 is 1.59 bits per heavy atom. The van der Waals surface area contributed by atoms with Crippen LogP contribution in [0.3, 0.4) is 0 Å². The van der Waals surface area contributed by atoms with Crippen LogP contribution in [0.4, 0.5) is 0 Å². The highest BCUT2D eigenvalue weighted by Gasteiger charge is 2.38. The number of nitrogens with zero attached hydrogens (tertiary/aromatic N) is 2. The number of hydrogen-bond donors (Lipinski definition) is 0. The van der Waals surface area contributed by atoms with Crippen LogP contribution < -0.4 is 4.57 Å². The van der Waals surface area contributed by atoms with Gasteiger partial charge in [0.15, 0.2) is 6.20 Å². The van der Waals surface area contributed by atoms with Crippen LogP contribution >= 0.6 is 0 Å². The second-order valence-electron chi connectivity index (χ2n) is 10.7. The number of aryl methyl sites for hydroxylation is 3. The van der Waals surface area contributed by atoms with E-state index in [4.69, 9.17) is 4.42 Å². The highest BCUT2D eigenvalue weighted by atomic mass is 16.3. The van der Waals surface area contributed by atoms with Crippen molar-refractivity contribution in [2.75, 3.05) is 0 Å². The molecule has 0 fully saturated rings. The highest BCUT2D eigenvalue weighted by Crippen LogP contribution is 2.52. The normalized spacial score (nSPS) is 14.2. The maximum Gasteiger partial charge on any atom is 0.216 e. The number of fused-ring (bicyclic) bond motifs is 7. The maximum atomic E-state index is 6.86. The summed E-state index contributed by atoms with van der Waals surface area (Å²) in [6, 6.07) is 13.5. The van der Waals surface area contributed by atoms with Crippen molar-refractivity contribution in [1.29, 1.82) is 0 Å². The van der Waals surface area contributed by atoms with E-state index in [1.54, 1.807) is 0 Å². The Hall–Kier alpha value is -3.46. The van der Waals surface area contributed by atoms with E-state index in [9.17, 15) is 0 Å². The topological polar surface area (TPSA) is 29.9 Å². The predicted molar refractivity (Wildman–Crippen MR) is 139 cm³/mol. The summed E-state index contributed by atoms with van der Waals surface area (Å²) in [4.78, 5) is 4.46. The molecule has 3 nitrogen and oxygen atoms in total. The molecule has 3 aromatic heterocycles. The average Bonchev–Trinajstić information content (AvgIpc) is 3.27. The molecule has 2 aromatic carbocycles. The Balaban J connectivity index is 1.72. The molecule has 0 aliphatic heterocycles. The van der Waals surface area contributed by atoms with Crippen molar-refractivity contribution in [2.24, 2.45) is 7.05 Å². The number of pyridine rings is 2. The molecule has 0 atom stereocenters. The Labute approximate surface area is 201 Å². The van der Waals surface area contributed by atoms with Crippen LogP contribution in [-0.2, 0) is 12.5 Å². The van der Waals surface area contributed by atoms with Gasteiger partial charge in [-0.25, -0.2) is 4.57 Å². The first kappa shape index (κ1) is 21.1. The molecule has 0 spiro atoms. The SMILES string of the molecule is Cc1c[n+](C)c(-c2c(C)ccc3c2oc2c4c(ccc23)C(C)(C)c2ccncc2-4)cc1C(C)C. The molecule has 34 heavy (non-hydrogen) atoms. The summed E-state index contributed by atoms with van der Waals surface area (Å²) >= 11 is 0. The Kier molecular flexibility index (Phi) is 4.36. The van der Waals surface area contributed by atoms with Gasteiger partial charge in [0.1, 0.15) is 18.2 Å². The molecule has 0 saturated carbocycles. The molecule has 1 aliphatic rings. The molecule has 0 saturated heterocycles. The van der Waals surface area contributed by atoms with Gasteiger partial charge in [0, 0.05) is 51.3 Å². The van der Waals surface area contributed by atoms with E-state index in [0.29, 0.717) is 5.92 Å². The molecule has 1 aliphatic carbocycles. The lowest BCUT2D eigenvalue weighted by Gasteiger charge is -2.20. The number of aromatic nitrogens is 2. The van der Waals surface area contributed by atoms with Gasteiger partial charge in [-0.1, -0.05) is 52.0 Å². The molecule has 0 radical (unpaired) electrons. The zero-order valence-electron chi connectivity index (χ0n) is 21.1. The van der Waals surface area contributed by atoms with Crippen LogP contribution in [0, 0.1) is 13.8 Å². The number of benzene rings is 2. The Morgan fingerprint density at radius 1 is 0.882 bits per heavy atom. The number of rotatable bonds is 2. The molecule has 5 aromatic rings. The van der Waals surface area contributed by atoms with Crippen molar-refractivity contribution < 1.29 is 8.98 Å². The van der Waals surface area contributed by atoms with Crippen LogP contribution in [0.5, 0.6) is 0 Å². The molecular weight excluding hydrogens is 416 g/mol. The van der Waals surface area contributed by atoms with Crippen molar-refractivity contribution in [3.05, 3.63) is 82.8 Å². The first-order chi connectivity index (χ1) is 16.2. The minimum absolute atomic E-state index is 0.0743. The van der Waals surface area contributed by atoms with E-state index in [1.807, 2.05) is 12.4 Å². The first-order valence-corrected chi connectivity index (χ1v) is 12.1. The maximum absolute atomic E-state index is 6.86. The van der Waals surface area contributed by atoms with Crippen molar-refractivity contribution in [1.82, 2.24) is 4.98 Å². The standard InChI is InChI=1S/C31H31N2O/c1-17(2)22-14-26(33(7)16-19(22)4)27-18(3)8-9-20-21-10-11-25-28(30(21)34-29(20)27)23-15-32-13-12-24(23)31(25,5)6/h8-17H,1-7H3/q+1. The lowest BCUT2D eigenvalue weighted by molar-refractivity contribution is -0.660. The Morgan fingerprint density at radius 3 is 2.32 bits per heavy atom. The molecule has 0 unspecified atom stereocenters. The van der Waals surface area contributed by atoms with E-state index in [-0.39, 0.29) is 5.41 Å². The Bertz CT molecular complexity index is 1640. The van der Waals surface area contributed by atoms with Crippen molar-refractivity contribution >= 4 is 21.9 Å². The summed E-state index contributed by atoms with van der Waals surface area (Å²) < 4.78 is 9.10. The van der Waals surface area contributed by atoms with E-state index in [1.165, 1.54) is 61.0 Å². The monoisotopic (exact) mass is 447 g/mol. The molecule has 0 bridgehead atoms. The van der Waals surface area contributed by atoms with Crippen molar-refractivity contribution in [3.8, 4) is 22.4 Å². The third kappa shape index (κ3) is 2.70. The zero-order valence-corrected chi connectivity index (χ0v) is 21.1. The van der Waals surface area contributed by atoms with Crippen LogP contribution in [0.25, 0.3) is 44.3 Å². The summed E-state index contributed by atoms with van der Waals surface area (Å²) in [5.74, 6) is 0.463. The smallest absolute Gasteiger partial charge is 0.216 e. The highest BCUT2D eigenvalue weighted by molar-refractivity contribution is 6.14. The van der Waals surface area contributed by atoms with Gasteiger partial charge in [0.25, 0.3) is 0 Å². The van der Waals surface area contributed by atoms with E-state index in [2.05, 4.69) is 101 Å². The van der Waals surface area contributed by atoms with Gasteiger partial charge in [0.05, 0.1) is 5.56 Å². The molecule has 0 amide bonds. The lowest BCUT2D eigenvalue weighted by atomic mass is 9.82. The van der Waals surface area contributed by atoms with Gasteiger partial charge in [0.2, 0.25) is 5.69 Å². The fraction of sp³-hybridized carbons (Fsp3) is 0.290. The third-order valence-corrected chi connectivity index (χ3v) is 7.85. The third-order valence-electron chi connectivity index (χ3n) is 7.85. The summed E-state index contributed by atoms with van der Waals surface area (Å²) in [6.07, 6.45) is 6.14. The quantitative estimate of drug-likeness (QED) is 0.262. The van der Waals surface area contributed by atoms with Crippen LogP contribution in [0.2, 0.25) is 0 Å². The van der Waals surface area contributed by atoms with Gasteiger partial charge in [-0.2, -0.15) is 0 Å². The summed E-state index contributed by atoms with van der Waals surface area (Å²) in [6.45, 7) is 13.5. The molecule has 0 N–H and O–H groups in total. The summed E-state index contributed by atoms with van der Waals surface area (Å²) in [7, 11) is 2.13. The van der Waals surface area contributed by atoms with Crippen LogP contribution in [0.1, 0.15) is 61.4 Å². The second-order valence-corrected chi connectivity index (χ2v) is 10.7. The van der Waals surface area contributed by atoms with Gasteiger partial charge >= 0.3 is 0 Å². The lowest BCUT2D eigenvalue weighted by Crippen LogP contribution is -2.32. The fourth-order valence-corrected chi connectivity index (χ4v) is 6.06. The number of furan rings is 1. The van der Waals surface area contributed by atoms with Gasteiger partial charge in [-0.3, -0.25) is 4.98 Å². The van der Waals surface area contributed by atoms with Gasteiger partial charge in [-0.15, -0.1) is 0 Å². The van der Waals surface area contributed by atoms with Crippen LogP contribution in [0.15, 0.2) is 59.4 Å². The average molecular weight is 448 g/mol. The molecule has 170 valence electrons. The van der Waals surface area contributed by atoms with E-state index in [0.717, 1.165) is 11.2 Å². The summed E-state index contributed by atoms with van der Waals surface area (Å²) in [5, 5.41) is 2.33. The fourth-order valence-electron chi connectivity index (χ4n) is 6.06. The van der Waals surface area contributed by atoms with E-state index >= 15 is 0 Å². The predicted octanol–water partition coefficient (Wildman–Crippen LogP) is 7.52. The molecule has 3 heterocycles. The zero-order chi connectivity index (χ0) is 23.9. The molecule has 3 heteroatoms. The number of hydrogen-bond acceptors (Lipinski definition) is 2.